The normalized spacial score (nSPS) is 19.0. The van der Waals surface area contributed by atoms with Gasteiger partial charge in [-0.05, 0) is 30.5 Å². The summed E-state index contributed by atoms with van der Waals surface area (Å²) in [5.41, 5.74) is 1.86. The molecule has 1 amide bonds. The van der Waals surface area contributed by atoms with Crippen molar-refractivity contribution in [2.75, 3.05) is 17.2 Å². The van der Waals surface area contributed by atoms with Crippen molar-refractivity contribution in [1.29, 1.82) is 0 Å². The first kappa shape index (κ1) is 14.4. The van der Waals surface area contributed by atoms with Crippen molar-refractivity contribution in [3.05, 3.63) is 28.8 Å². The molecule has 2 rings (SSSR count). The summed E-state index contributed by atoms with van der Waals surface area (Å²) in [4.78, 5) is 24.8. The quantitative estimate of drug-likeness (QED) is 0.859. The van der Waals surface area contributed by atoms with Crippen molar-refractivity contribution in [1.82, 2.24) is 0 Å². The van der Waals surface area contributed by atoms with Gasteiger partial charge in [-0.25, -0.2) is 0 Å². The standard InChI is InChI=1S/C14H16ClNO2S/c1-9-3-4-12(15)13(5-9)16-7-11(6-14(16)18)8-19-10(2)17/h3-5,11H,6-8H2,1-2H3. The number of carbonyl (C=O) groups excluding carboxylic acids is 2. The summed E-state index contributed by atoms with van der Waals surface area (Å²) in [5, 5.41) is 0.693. The SMILES string of the molecule is CC(=O)SCC1CC(=O)N(c2cc(C)ccc2Cl)C1. The highest BCUT2D eigenvalue weighted by molar-refractivity contribution is 8.13. The van der Waals surface area contributed by atoms with E-state index >= 15 is 0 Å². The molecule has 1 aliphatic heterocycles. The zero-order chi connectivity index (χ0) is 14.0. The molecule has 1 fully saturated rings. The van der Waals surface area contributed by atoms with Crippen molar-refractivity contribution in [3.63, 3.8) is 0 Å². The molecule has 0 bridgehead atoms. The first-order valence-electron chi connectivity index (χ1n) is 6.17. The molecule has 1 atom stereocenters. The maximum atomic E-state index is 12.1. The Kier molecular flexibility index (Phi) is 4.53. The molecule has 1 aromatic carbocycles. The second kappa shape index (κ2) is 5.97. The first-order valence-corrected chi connectivity index (χ1v) is 7.53. The first-order chi connectivity index (χ1) is 8.97. The van der Waals surface area contributed by atoms with Gasteiger partial charge in [-0.3, -0.25) is 9.59 Å². The fourth-order valence-electron chi connectivity index (χ4n) is 2.19. The lowest BCUT2D eigenvalue weighted by molar-refractivity contribution is -0.117. The van der Waals surface area contributed by atoms with E-state index < -0.39 is 0 Å². The van der Waals surface area contributed by atoms with E-state index in [-0.39, 0.29) is 16.9 Å². The zero-order valence-electron chi connectivity index (χ0n) is 11.0. The minimum Gasteiger partial charge on any atom is -0.311 e. The lowest BCUT2D eigenvalue weighted by Crippen LogP contribution is -2.25. The molecule has 0 aromatic heterocycles. The van der Waals surface area contributed by atoms with Crippen LogP contribution in [-0.4, -0.2) is 23.3 Å². The third kappa shape index (κ3) is 3.51. The van der Waals surface area contributed by atoms with Gasteiger partial charge in [0.15, 0.2) is 5.12 Å². The Morgan fingerprint density at radius 1 is 1.53 bits per heavy atom. The van der Waals surface area contributed by atoms with Gasteiger partial charge in [-0.2, -0.15) is 0 Å². The van der Waals surface area contributed by atoms with Crippen molar-refractivity contribution >= 4 is 40.1 Å². The largest absolute Gasteiger partial charge is 0.311 e. The van der Waals surface area contributed by atoms with E-state index in [1.165, 1.54) is 11.8 Å². The van der Waals surface area contributed by atoms with Gasteiger partial charge in [0, 0.05) is 25.6 Å². The molecule has 5 heteroatoms. The molecule has 0 saturated carbocycles. The van der Waals surface area contributed by atoms with Crippen LogP contribution in [0.1, 0.15) is 18.9 Å². The molecule has 1 aromatic rings. The van der Waals surface area contributed by atoms with Crippen LogP contribution in [-0.2, 0) is 9.59 Å². The number of amides is 1. The highest BCUT2D eigenvalue weighted by atomic mass is 35.5. The molecular weight excluding hydrogens is 282 g/mol. The number of thioether (sulfide) groups is 1. The molecule has 19 heavy (non-hydrogen) atoms. The van der Waals surface area contributed by atoms with Crippen LogP contribution in [0.2, 0.25) is 5.02 Å². The van der Waals surface area contributed by atoms with E-state index in [4.69, 9.17) is 11.6 Å². The predicted molar refractivity (Wildman–Crippen MR) is 79.8 cm³/mol. The summed E-state index contributed by atoms with van der Waals surface area (Å²) >= 11 is 7.45. The number of carbonyl (C=O) groups is 2. The Bertz CT molecular complexity index is 518. The minimum atomic E-state index is 0.0849. The van der Waals surface area contributed by atoms with E-state index in [1.807, 2.05) is 25.1 Å². The van der Waals surface area contributed by atoms with Gasteiger partial charge in [0.05, 0.1) is 10.7 Å². The summed E-state index contributed by atoms with van der Waals surface area (Å²) < 4.78 is 0. The van der Waals surface area contributed by atoms with Crippen LogP contribution in [0.5, 0.6) is 0 Å². The van der Waals surface area contributed by atoms with E-state index in [9.17, 15) is 9.59 Å². The lowest BCUT2D eigenvalue weighted by atomic mass is 10.1. The molecule has 1 saturated heterocycles. The van der Waals surface area contributed by atoms with Gasteiger partial charge in [0.25, 0.3) is 0 Å². The lowest BCUT2D eigenvalue weighted by Gasteiger charge is -2.18. The Balaban J connectivity index is 2.11. The van der Waals surface area contributed by atoms with E-state index in [0.29, 0.717) is 23.7 Å². The monoisotopic (exact) mass is 297 g/mol. The van der Waals surface area contributed by atoms with Crippen molar-refractivity contribution in [3.8, 4) is 0 Å². The Morgan fingerprint density at radius 2 is 2.26 bits per heavy atom. The van der Waals surface area contributed by atoms with Gasteiger partial charge in [-0.1, -0.05) is 29.4 Å². The van der Waals surface area contributed by atoms with Crippen molar-refractivity contribution in [2.24, 2.45) is 5.92 Å². The fraction of sp³-hybridized carbons (Fsp3) is 0.429. The van der Waals surface area contributed by atoms with Crippen LogP contribution in [0.15, 0.2) is 18.2 Å². The molecule has 0 radical (unpaired) electrons. The van der Waals surface area contributed by atoms with Gasteiger partial charge in [0.2, 0.25) is 5.91 Å². The highest BCUT2D eigenvalue weighted by Crippen LogP contribution is 2.33. The van der Waals surface area contributed by atoms with Gasteiger partial charge in [-0.15, -0.1) is 0 Å². The van der Waals surface area contributed by atoms with Crippen LogP contribution in [0.3, 0.4) is 0 Å². The number of hydrogen-bond acceptors (Lipinski definition) is 3. The van der Waals surface area contributed by atoms with Crippen LogP contribution in [0.4, 0.5) is 5.69 Å². The Labute approximate surface area is 122 Å². The number of benzene rings is 1. The minimum absolute atomic E-state index is 0.0849. The molecule has 102 valence electrons. The van der Waals surface area contributed by atoms with Crippen LogP contribution >= 0.6 is 23.4 Å². The number of rotatable bonds is 3. The molecule has 0 aliphatic carbocycles. The number of halogens is 1. The summed E-state index contributed by atoms with van der Waals surface area (Å²) in [7, 11) is 0. The van der Waals surface area contributed by atoms with Gasteiger partial charge < -0.3 is 4.90 Å². The topological polar surface area (TPSA) is 37.4 Å². The zero-order valence-corrected chi connectivity index (χ0v) is 12.6. The maximum Gasteiger partial charge on any atom is 0.227 e. The van der Waals surface area contributed by atoms with Crippen LogP contribution < -0.4 is 4.90 Å². The number of anilines is 1. The number of aryl methyl sites for hydroxylation is 1. The highest BCUT2D eigenvalue weighted by Gasteiger charge is 2.31. The van der Waals surface area contributed by atoms with Crippen molar-refractivity contribution < 1.29 is 9.59 Å². The van der Waals surface area contributed by atoms with Gasteiger partial charge >= 0.3 is 0 Å². The number of hydrogen-bond donors (Lipinski definition) is 0. The maximum absolute atomic E-state index is 12.1. The average Bonchev–Trinajstić information content (AvgIpc) is 2.71. The molecule has 1 heterocycles. The second-order valence-electron chi connectivity index (χ2n) is 4.83. The van der Waals surface area contributed by atoms with Crippen molar-refractivity contribution in [2.45, 2.75) is 20.3 Å². The predicted octanol–water partition coefficient (Wildman–Crippen LogP) is 3.28. The molecule has 1 unspecified atom stereocenters. The van der Waals surface area contributed by atoms with E-state index in [1.54, 1.807) is 11.8 Å². The molecule has 1 aliphatic rings. The van der Waals surface area contributed by atoms with Crippen LogP contribution in [0.25, 0.3) is 0 Å². The van der Waals surface area contributed by atoms with Crippen LogP contribution in [0, 0.1) is 12.8 Å². The third-order valence-corrected chi connectivity index (χ3v) is 4.48. The molecule has 3 nitrogen and oxygen atoms in total. The van der Waals surface area contributed by atoms with E-state index in [2.05, 4.69) is 0 Å². The molecule has 0 spiro atoms. The molecule has 0 N–H and O–H groups in total. The second-order valence-corrected chi connectivity index (χ2v) is 6.44. The fourth-order valence-corrected chi connectivity index (χ4v) is 3.10. The Hall–Kier alpha value is -1.00. The average molecular weight is 298 g/mol. The Morgan fingerprint density at radius 3 is 2.95 bits per heavy atom. The summed E-state index contributed by atoms with van der Waals surface area (Å²) in [6, 6.07) is 5.67. The van der Waals surface area contributed by atoms with Gasteiger partial charge in [0.1, 0.15) is 0 Å². The summed E-state index contributed by atoms with van der Waals surface area (Å²) in [5.74, 6) is 1.00. The number of nitrogens with zero attached hydrogens (tertiary/aromatic N) is 1. The molecular formula is C14H16ClNO2S. The summed E-state index contributed by atoms with van der Waals surface area (Å²) in [6.45, 7) is 4.17. The van der Waals surface area contributed by atoms with E-state index in [0.717, 1.165) is 11.3 Å². The third-order valence-electron chi connectivity index (χ3n) is 3.12. The summed E-state index contributed by atoms with van der Waals surface area (Å²) in [6.07, 6.45) is 0.491. The smallest absolute Gasteiger partial charge is 0.227 e.